The molecule has 1 aromatic carbocycles. The normalized spacial score (nSPS) is 10.1. The highest BCUT2D eigenvalue weighted by Crippen LogP contribution is 2.21. The van der Waals surface area contributed by atoms with Gasteiger partial charge in [0.05, 0.1) is 0 Å². The van der Waals surface area contributed by atoms with Crippen molar-refractivity contribution in [3.63, 3.8) is 0 Å². The Labute approximate surface area is 107 Å². The number of hydrogen-bond acceptors (Lipinski definition) is 3. The minimum absolute atomic E-state index is 0.312. The number of ether oxygens (including phenoxy) is 1. The molecule has 0 amide bonds. The third-order valence-electron chi connectivity index (χ3n) is 1.84. The van der Waals surface area contributed by atoms with Gasteiger partial charge in [0.25, 0.3) is 0 Å². The van der Waals surface area contributed by atoms with E-state index in [1.807, 2.05) is 6.07 Å². The van der Waals surface area contributed by atoms with E-state index in [0.717, 1.165) is 10.9 Å². The van der Waals surface area contributed by atoms with Crippen molar-refractivity contribution in [2.75, 3.05) is 0 Å². The van der Waals surface area contributed by atoms with Crippen LogP contribution < -0.4 is 4.74 Å². The maximum Gasteiger partial charge on any atom is 0.321 e. The Morgan fingerprint density at radius 2 is 2.00 bits per heavy atom. The van der Waals surface area contributed by atoms with Gasteiger partial charge in [-0.1, -0.05) is 33.6 Å². The van der Waals surface area contributed by atoms with Crippen LogP contribution in [0.15, 0.2) is 36.7 Å². The molecule has 0 aliphatic rings. The Hall–Kier alpha value is -1.13. The van der Waals surface area contributed by atoms with E-state index in [-0.39, 0.29) is 0 Å². The zero-order valence-electron chi connectivity index (χ0n) is 8.23. The Balaban J connectivity index is 2.14. The third-order valence-corrected chi connectivity index (χ3v) is 2.72. The molecule has 0 aliphatic carbocycles. The lowest BCUT2D eigenvalue weighted by molar-refractivity contribution is 0.441. The molecule has 0 N–H and O–H groups in total. The first-order valence-electron chi connectivity index (χ1n) is 4.58. The van der Waals surface area contributed by atoms with Crippen LogP contribution in [-0.4, -0.2) is 9.97 Å². The molecule has 2 aromatic rings. The number of aromatic nitrogens is 2. The van der Waals surface area contributed by atoms with Gasteiger partial charge in [-0.05, 0) is 23.8 Å². The molecule has 5 heteroatoms. The van der Waals surface area contributed by atoms with E-state index in [2.05, 4.69) is 25.9 Å². The first-order chi connectivity index (χ1) is 7.78. The summed E-state index contributed by atoms with van der Waals surface area (Å²) in [5, 5.41) is 1.35. The van der Waals surface area contributed by atoms with Crippen LogP contribution in [0.5, 0.6) is 11.8 Å². The molecule has 0 aliphatic heterocycles. The number of rotatable bonds is 3. The standard InChI is InChI=1S/C11H8BrClN2O/c12-5-8-6-14-11(15-7-8)16-10-3-1-2-9(13)4-10/h1-4,6-7H,5H2. The fourth-order valence-corrected chi connectivity index (χ4v) is 1.57. The van der Waals surface area contributed by atoms with Crippen molar-refractivity contribution in [1.29, 1.82) is 0 Å². The van der Waals surface area contributed by atoms with Crippen molar-refractivity contribution in [3.05, 3.63) is 47.2 Å². The molecule has 0 saturated heterocycles. The van der Waals surface area contributed by atoms with Crippen LogP contribution in [0, 0.1) is 0 Å². The van der Waals surface area contributed by atoms with E-state index >= 15 is 0 Å². The summed E-state index contributed by atoms with van der Waals surface area (Å²) in [6.45, 7) is 0. The van der Waals surface area contributed by atoms with Gasteiger partial charge in [0.2, 0.25) is 0 Å². The van der Waals surface area contributed by atoms with Gasteiger partial charge >= 0.3 is 6.01 Å². The van der Waals surface area contributed by atoms with Crippen LogP contribution in [-0.2, 0) is 5.33 Å². The predicted molar refractivity (Wildman–Crippen MR) is 66.2 cm³/mol. The molecule has 1 heterocycles. The van der Waals surface area contributed by atoms with Gasteiger partial charge < -0.3 is 4.74 Å². The highest BCUT2D eigenvalue weighted by Gasteiger charge is 2.00. The van der Waals surface area contributed by atoms with Crippen molar-refractivity contribution in [3.8, 4) is 11.8 Å². The summed E-state index contributed by atoms with van der Waals surface area (Å²) in [7, 11) is 0. The lowest BCUT2D eigenvalue weighted by atomic mass is 10.3. The molecule has 3 nitrogen and oxygen atoms in total. The number of hydrogen-bond donors (Lipinski definition) is 0. The molecule has 0 radical (unpaired) electrons. The zero-order valence-corrected chi connectivity index (χ0v) is 10.6. The van der Waals surface area contributed by atoms with Gasteiger partial charge in [0.15, 0.2) is 0 Å². The molecule has 0 atom stereocenters. The molecule has 82 valence electrons. The second-order valence-electron chi connectivity index (χ2n) is 3.07. The van der Waals surface area contributed by atoms with Crippen molar-refractivity contribution in [2.45, 2.75) is 5.33 Å². The first kappa shape index (κ1) is 11.4. The van der Waals surface area contributed by atoms with Crippen LogP contribution in [0.4, 0.5) is 0 Å². The molecule has 16 heavy (non-hydrogen) atoms. The summed E-state index contributed by atoms with van der Waals surface area (Å²) in [6, 6.07) is 7.41. The minimum Gasteiger partial charge on any atom is -0.424 e. The molecule has 0 bridgehead atoms. The van der Waals surface area contributed by atoms with Gasteiger partial charge in [-0.2, -0.15) is 0 Å². The maximum absolute atomic E-state index is 5.83. The summed E-state index contributed by atoms with van der Waals surface area (Å²) in [5.74, 6) is 0.624. The molecular formula is C11H8BrClN2O. The Bertz CT molecular complexity index is 476. The van der Waals surface area contributed by atoms with Crippen molar-refractivity contribution in [2.24, 2.45) is 0 Å². The van der Waals surface area contributed by atoms with Gasteiger partial charge in [0, 0.05) is 22.7 Å². The summed E-state index contributed by atoms with van der Waals surface area (Å²) in [6.07, 6.45) is 3.42. The second kappa shape index (κ2) is 5.27. The lowest BCUT2D eigenvalue weighted by Gasteiger charge is -2.03. The Morgan fingerprint density at radius 3 is 2.62 bits per heavy atom. The smallest absolute Gasteiger partial charge is 0.321 e. The Kier molecular flexibility index (Phi) is 3.74. The van der Waals surface area contributed by atoms with Crippen LogP contribution in [0.3, 0.4) is 0 Å². The van der Waals surface area contributed by atoms with Crippen LogP contribution >= 0.6 is 27.5 Å². The van der Waals surface area contributed by atoms with E-state index in [0.29, 0.717) is 16.8 Å². The topological polar surface area (TPSA) is 35.0 Å². The fraction of sp³-hybridized carbons (Fsp3) is 0.0909. The summed E-state index contributed by atoms with van der Waals surface area (Å²) < 4.78 is 5.44. The molecule has 0 spiro atoms. The number of nitrogens with zero attached hydrogens (tertiary/aromatic N) is 2. The van der Waals surface area contributed by atoms with Crippen LogP contribution in [0.2, 0.25) is 5.02 Å². The average molecular weight is 300 g/mol. The summed E-state index contributed by atoms with van der Waals surface area (Å²) in [4.78, 5) is 8.14. The van der Waals surface area contributed by atoms with Crippen molar-refractivity contribution >= 4 is 27.5 Å². The van der Waals surface area contributed by atoms with Crippen LogP contribution in [0.25, 0.3) is 0 Å². The molecule has 0 unspecified atom stereocenters. The third kappa shape index (κ3) is 2.93. The van der Waals surface area contributed by atoms with Crippen molar-refractivity contribution < 1.29 is 4.74 Å². The second-order valence-corrected chi connectivity index (χ2v) is 4.06. The SMILES string of the molecule is Clc1cccc(Oc2ncc(CBr)cn2)c1. The van der Waals surface area contributed by atoms with E-state index < -0.39 is 0 Å². The van der Waals surface area contributed by atoms with E-state index in [1.54, 1.807) is 30.6 Å². The molecule has 0 fully saturated rings. The first-order valence-corrected chi connectivity index (χ1v) is 6.08. The monoisotopic (exact) mass is 298 g/mol. The molecular weight excluding hydrogens is 291 g/mol. The highest BCUT2D eigenvalue weighted by molar-refractivity contribution is 9.08. The number of halogens is 2. The number of alkyl halides is 1. The zero-order chi connectivity index (χ0) is 11.4. The van der Waals surface area contributed by atoms with Crippen molar-refractivity contribution in [1.82, 2.24) is 9.97 Å². The quantitative estimate of drug-likeness (QED) is 0.808. The largest absolute Gasteiger partial charge is 0.424 e. The Morgan fingerprint density at radius 1 is 1.25 bits per heavy atom. The van der Waals surface area contributed by atoms with Gasteiger partial charge in [-0.15, -0.1) is 0 Å². The highest BCUT2D eigenvalue weighted by atomic mass is 79.9. The van der Waals surface area contributed by atoms with E-state index in [1.165, 1.54) is 0 Å². The fourth-order valence-electron chi connectivity index (χ4n) is 1.10. The molecule has 1 aromatic heterocycles. The minimum atomic E-state index is 0.312. The van der Waals surface area contributed by atoms with Gasteiger partial charge in [-0.25, -0.2) is 9.97 Å². The summed E-state index contributed by atoms with van der Waals surface area (Å²) in [5.41, 5.74) is 0.999. The van der Waals surface area contributed by atoms with Gasteiger partial charge in [-0.3, -0.25) is 0 Å². The maximum atomic E-state index is 5.83. The average Bonchev–Trinajstić information content (AvgIpc) is 2.30. The predicted octanol–water partition coefficient (Wildman–Crippen LogP) is 3.82. The molecule has 0 saturated carbocycles. The summed E-state index contributed by atoms with van der Waals surface area (Å²) >= 11 is 9.15. The molecule has 2 rings (SSSR count). The number of benzene rings is 1. The van der Waals surface area contributed by atoms with Gasteiger partial charge in [0.1, 0.15) is 5.75 Å². The van der Waals surface area contributed by atoms with Crippen LogP contribution in [0.1, 0.15) is 5.56 Å². The van der Waals surface area contributed by atoms with E-state index in [9.17, 15) is 0 Å². The van der Waals surface area contributed by atoms with E-state index in [4.69, 9.17) is 16.3 Å². The lowest BCUT2D eigenvalue weighted by Crippen LogP contribution is -1.92.